The van der Waals surface area contributed by atoms with Gasteiger partial charge in [-0.05, 0) is 37.6 Å². The fourth-order valence-corrected chi connectivity index (χ4v) is 2.01. The number of guanidine groups is 1. The number of aryl methyl sites for hydroxylation is 1. The van der Waals surface area contributed by atoms with E-state index in [1.165, 1.54) is 17.7 Å². The Morgan fingerprint density at radius 3 is 2.58 bits per heavy atom. The Morgan fingerprint density at radius 2 is 1.96 bits per heavy atom. The number of aliphatic imine (C=N–C) groups is 1. The van der Waals surface area contributed by atoms with Crippen LogP contribution in [0.25, 0.3) is 0 Å². The number of hydrogen-bond donors (Lipinski definition) is 2. The maximum atomic E-state index is 13.2. The number of ether oxygens (including phenoxy) is 1. The summed E-state index contributed by atoms with van der Waals surface area (Å²) >= 11 is 0. The summed E-state index contributed by atoms with van der Waals surface area (Å²) in [5.74, 6) is 0.508. The number of nitrogens with zero attached hydrogens (tertiary/aromatic N) is 1. The van der Waals surface area contributed by atoms with E-state index in [9.17, 15) is 4.39 Å². The zero-order chi connectivity index (χ0) is 16.7. The highest BCUT2D eigenvalue weighted by Gasteiger charge is 2.08. The van der Waals surface area contributed by atoms with Crippen LogP contribution in [0.4, 0.5) is 10.1 Å². The molecule has 0 bridgehead atoms. The highest BCUT2D eigenvalue weighted by Crippen LogP contribution is 2.15. The molecule has 0 fully saturated rings. The van der Waals surface area contributed by atoms with E-state index in [0.717, 1.165) is 12.1 Å². The van der Waals surface area contributed by atoms with E-state index in [1.807, 2.05) is 38.1 Å². The second kappa shape index (κ2) is 10.1. The zero-order valence-corrected chi connectivity index (χ0v) is 16.2. The van der Waals surface area contributed by atoms with Gasteiger partial charge in [-0.15, -0.1) is 24.0 Å². The van der Waals surface area contributed by atoms with Crippen molar-refractivity contribution in [2.24, 2.45) is 10.7 Å². The maximum Gasteiger partial charge on any atom is 0.193 e. The van der Waals surface area contributed by atoms with Crippen LogP contribution in [0, 0.1) is 12.7 Å². The van der Waals surface area contributed by atoms with Crippen molar-refractivity contribution < 1.29 is 9.13 Å². The number of anilines is 1. The molecule has 0 saturated carbocycles. The van der Waals surface area contributed by atoms with Gasteiger partial charge >= 0.3 is 0 Å². The molecule has 130 valence electrons. The molecular weight excluding hydrogens is 420 g/mol. The number of halogens is 2. The summed E-state index contributed by atoms with van der Waals surface area (Å²) < 4.78 is 18.9. The SMILES string of the molecule is CCC(CN=C(N)Nc1ccc(C)cc1)Oc1cccc(F)c1.I. The minimum atomic E-state index is -0.318. The Bertz CT molecular complexity index is 662. The van der Waals surface area contributed by atoms with Crippen molar-refractivity contribution in [1.29, 1.82) is 0 Å². The topological polar surface area (TPSA) is 59.6 Å². The normalized spacial score (nSPS) is 12.2. The van der Waals surface area contributed by atoms with Gasteiger partial charge in [0.25, 0.3) is 0 Å². The second-order valence-corrected chi connectivity index (χ2v) is 5.32. The molecule has 0 saturated heterocycles. The number of hydrogen-bond acceptors (Lipinski definition) is 2. The first kappa shape index (κ1) is 20.2. The van der Waals surface area contributed by atoms with Gasteiger partial charge in [0.2, 0.25) is 0 Å². The van der Waals surface area contributed by atoms with Crippen LogP contribution in [0.3, 0.4) is 0 Å². The summed E-state index contributed by atoms with van der Waals surface area (Å²) in [4.78, 5) is 4.30. The second-order valence-electron chi connectivity index (χ2n) is 5.32. The number of rotatable bonds is 6. The molecule has 2 aromatic carbocycles. The van der Waals surface area contributed by atoms with Crippen molar-refractivity contribution in [2.45, 2.75) is 26.4 Å². The Hall–Kier alpha value is -1.83. The van der Waals surface area contributed by atoms with E-state index < -0.39 is 0 Å². The molecule has 2 aromatic rings. The summed E-state index contributed by atoms with van der Waals surface area (Å²) in [7, 11) is 0. The van der Waals surface area contributed by atoms with Crippen molar-refractivity contribution in [1.82, 2.24) is 0 Å². The average Bonchev–Trinajstić information content (AvgIpc) is 2.53. The highest BCUT2D eigenvalue weighted by atomic mass is 127. The van der Waals surface area contributed by atoms with Crippen LogP contribution in [0.15, 0.2) is 53.5 Å². The number of benzene rings is 2. The molecule has 1 unspecified atom stereocenters. The van der Waals surface area contributed by atoms with Gasteiger partial charge < -0.3 is 15.8 Å². The molecule has 6 heteroatoms. The first-order valence-corrected chi connectivity index (χ1v) is 7.62. The third kappa shape index (κ3) is 6.74. The molecule has 0 heterocycles. The highest BCUT2D eigenvalue weighted by molar-refractivity contribution is 14.0. The van der Waals surface area contributed by atoms with Crippen molar-refractivity contribution >= 4 is 35.6 Å². The van der Waals surface area contributed by atoms with Crippen LogP contribution in [0.5, 0.6) is 5.75 Å². The molecule has 2 rings (SSSR count). The molecular formula is C18H23FIN3O. The van der Waals surface area contributed by atoms with Gasteiger partial charge in [-0.1, -0.05) is 30.7 Å². The molecule has 0 aromatic heterocycles. The van der Waals surface area contributed by atoms with Crippen molar-refractivity contribution in [3.05, 3.63) is 59.9 Å². The van der Waals surface area contributed by atoms with Gasteiger partial charge in [-0.2, -0.15) is 0 Å². The van der Waals surface area contributed by atoms with Gasteiger partial charge in [0.05, 0.1) is 6.54 Å². The maximum absolute atomic E-state index is 13.2. The monoisotopic (exact) mass is 443 g/mol. The van der Waals surface area contributed by atoms with Gasteiger partial charge in [0.15, 0.2) is 5.96 Å². The molecule has 0 aliphatic heterocycles. The summed E-state index contributed by atoms with van der Waals surface area (Å²) in [5.41, 5.74) is 7.95. The number of nitrogens with two attached hydrogens (primary N) is 1. The molecule has 4 nitrogen and oxygen atoms in total. The lowest BCUT2D eigenvalue weighted by atomic mass is 10.2. The smallest absolute Gasteiger partial charge is 0.193 e. The Balaban J connectivity index is 0.00000288. The summed E-state index contributed by atoms with van der Waals surface area (Å²) in [6, 6.07) is 14.0. The van der Waals surface area contributed by atoms with Gasteiger partial charge in [0, 0.05) is 11.8 Å². The minimum absolute atomic E-state index is 0. The largest absolute Gasteiger partial charge is 0.488 e. The van der Waals surface area contributed by atoms with E-state index in [4.69, 9.17) is 10.5 Å². The lowest BCUT2D eigenvalue weighted by molar-refractivity contribution is 0.205. The van der Waals surface area contributed by atoms with E-state index in [1.54, 1.807) is 12.1 Å². The lowest BCUT2D eigenvalue weighted by Gasteiger charge is -2.16. The first-order chi connectivity index (χ1) is 11.1. The zero-order valence-electron chi connectivity index (χ0n) is 13.8. The summed E-state index contributed by atoms with van der Waals surface area (Å²) in [6.07, 6.45) is 0.591. The van der Waals surface area contributed by atoms with E-state index >= 15 is 0 Å². The third-order valence-electron chi connectivity index (χ3n) is 3.34. The Labute approximate surface area is 159 Å². The van der Waals surface area contributed by atoms with Crippen molar-refractivity contribution in [2.75, 3.05) is 11.9 Å². The molecule has 1 atom stereocenters. The van der Waals surface area contributed by atoms with E-state index in [2.05, 4.69) is 10.3 Å². The average molecular weight is 443 g/mol. The molecule has 24 heavy (non-hydrogen) atoms. The Kier molecular flexibility index (Phi) is 8.53. The lowest BCUT2D eigenvalue weighted by Crippen LogP contribution is -2.26. The van der Waals surface area contributed by atoms with Gasteiger partial charge in [-0.25, -0.2) is 9.38 Å². The van der Waals surface area contributed by atoms with Gasteiger partial charge in [-0.3, -0.25) is 0 Å². The molecule has 0 aliphatic rings. The van der Waals surface area contributed by atoms with Crippen molar-refractivity contribution in [3.63, 3.8) is 0 Å². The van der Waals surface area contributed by atoms with Gasteiger partial charge in [0.1, 0.15) is 17.7 Å². The van der Waals surface area contributed by atoms with Crippen LogP contribution in [0.2, 0.25) is 0 Å². The van der Waals surface area contributed by atoms with E-state index in [0.29, 0.717) is 18.3 Å². The van der Waals surface area contributed by atoms with Crippen LogP contribution in [-0.4, -0.2) is 18.6 Å². The standard InChI is InChI=1S/C18H22FN3O.HI/c1-3-16(23-17-6-4-5-14(19)11-17)12-21-18(20)22-15-9-7-13(2)8-10-15;/h4-11,16H,3,12H2,1-2H3,(H3,20,21,22);1H. The molecule has 0 amide bonds. The van der Waals surface area contributed by atoms with E-state index in [-0.39, 0.29) is 35.9 Å². The third-order valence-corrected chi connectivity index (χ3v) is 3.34. The molecule has 0 radical (unpaired) electrons. The molecule has 0 spiro atoms. The minimum Gasteiger partial charge on any atom is -0.488 e. The fourth-order valence-electron chi connectivity index (χ4n) is 2.01. The quantitative estimate of drug-likeness (QED) is 0.397. The first-order valence-electron chi connectivity index (χ1n) is 7.62. The fraction of sp³-hybridized carbons (Fsp3) is 0.278. The number of nitrogens with one attached hydrogen (secondary N) is 1. The summed E-state index contributed by atoms with van der Waals surface area (Å²) in [5, 5.41) is 3.03. The van der Waals surface area contributed by atoms with Crippen LogP contribution in [0.1, 0.15) is 18.9 Å². The van der Waals surface area contributed by atoms with Crippen LogP contribution in [-0.2, 0) is 0 Å². The summed E-state index contributed by atoms with van der Waals surface area (Å²) in [6.45, 7) is 4.41. The predicted octanol–water partition coefficient (Wildman–Crippen LogP) is 4.34. The van der Waals surface area contributed by atoms with Crippen molar-refractivity contribution in [3.8, 4) is 5.75 Å². The molecule has 0 aliphatic carbocycles. The predicted molar refractivity (Wildman–Crippen MR) is 108 cm³/mol. The molecule has 3 N–H and O–H groups in total. The van der Waals surface area contributed by atoms with Crippen LogP contribution < -0.4 is 15.8 Å². The Morgan fingerprint density at radius 1 is 1.25 bits per heavy atom. The van der Waals surface area contributed by atoms with Crippen LogP contribution >= 0.6 is 24.0 Å².